The first-order valence-electron chi connectivity index (χ1n) is 7.92. The summed E-state index contributed by atoms with van der Waals surface area (Å²) in [6, 6.07) is 19.7. The number of methoxy groups -OCH3 is 1. The number of hydrogen-bond acceptors (Lipinski definition) is 5. The molecule has 0 aliphatic heterocycles. The zero-order valence-electron chi connectivity index (χ0n) is 13.7. The number of hydrogen-bond donors (Lipinski definition) is 1. The molecule has 0 unspecified atom stereocenters. The topological polar surface area (TPSA) is 59.9 Å². The lowest BCUT2D eigenvalue weighted by Gasteiger charge is -2.11. The molecule has 4 rings (SSSR count). The zero-order valence-corrected chi connectivity index (χ0v) is 13.7. The van der Waals surface area contributed by atoms with Gasteiger partial charge in [0.2, 0.25) is 5.95 Å². The predicted molar refractivity (Wildman–Crippen MR) is 99.0 cm³/mol. The number of pyridine rings is 1. The molecule has 0 radical (unpaired) electrons. The Morgan fingerprint density at radius 2 is 1.64 bits per heavy atom. The Morgan fingerprint density at radius 3 is 2.40 bits per heavy atom. The molecule has 0 spiro atoms. The summed E-state index contributed by atoms with van der Waals surface area (Å²) in [7, 11) is 1.66. The summed E-state index contributed by atoms with van der Waals surface area (Å²) in [5.41, 5.74) is 3.72. The molecule has 0 bridgehead atoms. The van der Waals surface area contributed by atoms with Crippen LogP contribution in [0.5, 0.6) is 5.75 Å². The number of fused-ring (bicyclic) bond motifs is 1. The number of benzene rings is 2. The van der Waals surface area contributed by atoms with Gasteiger partial charge in [0.1, 0.15) is 5.75 Å². The first-order chi connectivity index (χ1) is 12.3. The average molecular weight is 328 g/mol. The van der Waals surface area contributed by atoms with Gasteiger partial charge in [0.25, 0.3) is 0 Å². The smallest absolute Gasteiger partial charge is 0.227 e. The fraction of sp³-hybridized carbons (Fsp3) is 0.0500. The van der Waals surface area contributed by atoms with Gasteiger partial charge in [-0.3, -0.25) is 0 Å². The highest BCUT2D eigenvalue weighted by Crippen LogP contribution is 2.30. The highest BCUT2D eigenvalue weighted by atomic mass is 16.5. The Hall–Kier alpha value is -3.47. The van der Waals surface area contributed by atoms with Crippen molar-refractivity contribution in [2.24, 2.45) is 0 Å². The van der Waals surface area contributed by atoms with Crippen molar-refractivity contribution in [2.75, 3.05) is 12.4 Å². The highest BCUT2D eigenvalue weighted by Gasteiger charge is 2.09. The minimum Gasteiger partial charge on any atom is -0.497 e. The quantitative estimate of drug-likeness (QED) is 0.600. The number of aromatic nitrogens is 3. The zero-order chi connectivity index (χ0) is 17.1. The van der Waals surface area contributed by atoms with Crippen LogP contribution in [0, 0.1) is 0 Å². The molecule has 0 amide bonds. The molecule has 2 aromatic heterocycles. The van der Waals surface area contributed by atoms with Crippen LogP contribution >= 0.6 is 0 Å². The van der Waals surface area contributed by atoms with Crippen LogP contribution in [0.3, 0.4) is 0 Å². The molecule has 0 fully saturated rings. The molecule has 0 aliphatic carbocycles. The standard InChI is InChI=1S/C20H16N4O/c1-25-15-9-7-14(8-10-15)18-13-19(24-20-21-11-4-12-22-20)16-5-2-3-6-17(16)23-18/h2-13H,1H3,(H,21,22,23,24). The first kappa shape index (κ1) is 15.1. The Bertz CT molecular complexity index is 1000. The monoisotopic (exact) mass is 328 g/mol. The number of nitrogens with zero attached hydrogens (tertiary/aromatic N) is 3. The normalized spacial score (nSPS) is 10.6. The van der Waals surface area contributed by atoms with Crippen LogP contribution in [0.2, 0.25) is 0 Å². The van der Waals surface area contributed by atoms with Gasteiger partial charge >= 0.3 is 0 Å². The lowest BCUT2D eigenvalue weighted by atomic mass is 10.1. The van der Waals surface area contributed by atoms with Crippen LogP contribution in [0.25, 0.3) is 22.2 Å². The van der Waals surface area contributed by atoms with Gasteiger partial charge in [-0.25, -0.2) is 15.0 Å². The summed E-state index contributed by atoms with van der Waals surface area (Å²) in [5.74, 6) is 1.38. The van der Waals surface area contributed by atoms with Crippen molar-refractivity contribution in [1.82, 2.24) is 15.0 Å². The summed E-state index contributed by atoms with van der Waals surface area (Å²) in [6.45, 7) is 0. The molecular weight excluding hydrogens is 312 g/mol. The summed E-state index contributed by atoms with van der Waals surface area (Å²) < 4.78 is 5.23. The summed E-state index contributed by atoms with van der Waals surface area (Å²) in [6.07, 6.45) is 3.42. The lowest BCUT2D eigenvalue weighted by molar-refractivity contribution is 0.415. The second-order valence-corrected chi connectivity index (χ2v) is 5.50. The molecule has 4 aromatic rings. The number of para-hydroxylation sites is 1. The maximum absolute atomic E-state index is 5.23. The Labute approximate surface area is 145 Å². The predicted octanol–water partition coefficient (Wildman–Crippen LogP) is 4.44. The van der Waals surface area contributed by atoms with Gasteiger partial charge in [-0.05, 0) is 42.5 Å². The number of nitrogens with one attached hydrogen (secondary N) is 1. The van der Waals surface area contributed by atoms with Crippen molar-refractivity contribution in [3.05, 3.63) is 73.1 Å². The second kappa shape index (κ2) is 6.57. The molecule has 0 saturated heterocycles. The van der Waals surface area contributed by atoms with Crippen molar-refractivity contribution in [2.45, 2.75) is 0 Å². The molecule has 5 heteroatoms. The van der Waals surface area contributed by atoms with E-state index in [4.69, 9.17) is 9.72 Å². The summed E-state index contributed by atoms with van der Waals surface area (Å²) in [5, 5.41) is 4.31. The van der Waals surface area contributed by atoms with E-state index < -0.39 is 0 Å². The maximum atomic E-state index is 5.23. The maximum Gasteiger partial charge on any atom is 0.227 e. The van der Waals surface area contributed by atoms with Crippen molar-refractivity contribution < 1.29 is 4.74 Å². The molecule has 5 nitrogen and oxygen atoms in total. The molecular formula is C20H16N4O. The van der Waals surface area contributed by atoms with Crippen LogP contribution in [0.15, 0.2) is 73.1 Å². The van der Waals surface area contributed by atoms with E-state index >= 15 is 0 Å². The molecule has 0 atom stereocenters. The van der Waals surface area contributed by atoms with E-state index in [2.05, 4.69) is 15.3 Å². The first-order valence-corrected chi connectivity index (χ1v) is 7.92. The van der Waals surface area contributed by atoms with Gasteiger partial charge < -0.3 is 10.1 Å². The third-order valence-electron chi connectivity index (χ3n) is 3.91. The fourth-order valence-electron chi connectivity index (χ4n) is 2.67. The van der Waals surface area contributed by atoms with E-state index in [1.165, 1.54) is 0 Å². The van der Waals surface area contributed by atoms with E-state index in [0.717, 1.165) is 33.6 Å². The largest absolute Gasteiger partial charge is 0.497 e. The third kappa shape index (κ3) is 3.12. The van der Waals surface area contributed by atoms with Crippen LogP contribution < -0.4 is 10.1 Å². The van der Waals surface area contributed by atoms with Gasteiger partial charge in [-0.1, -0.05) is 18.2 Å². The van der Waals surface area contributed by atoms with Gasteiger partial charge in [-0.2, -0.15) is 0 Å². The van der Waals surface area contributed by atoms with E-state index in [9.17, 15) is 0 Å². The van der Waals surface area contributed by atoms with E-state index in [0.29, 0.717) is 5.95 Å². The van der Waals surface area contributed by atoms with Crippen molar-refractivity contribution in [3.8, 4) is 17.0 Å². The number of ether oxygens (including phenoxy) is 1. The highest BCUT2D eigenvalue weighted by molar-refractivity contribution is 5.94. The molecule has 0 aliphatic rings. The van der Waals surface area contributed by atoms with Gasteiger partial charge in [0.05, 0.1) is 24.0 Å². The van der Waals surface area contributed by atoms with Crippen molar-refractivity contribution in [3.63, 3.8) is 0 Å². The van der Waals surface area contributed by atoms with Crippen molar-refractivity contribution in [1.29, 1.82) is 0 Å². The van der Waals surface area contributed by atoms with Crippen LogP contribution in [0.1, 0.15) is 0 Å². The number of anilines is 2. The third-order valence-corrected chi connectivity index (χ3v) is 3.91. The molecule has 0 saturated carbocycles. The molecule has 1 N–H and O–H groups in total. The second-order valence-electron chi connectivity index (χ2n) is 5.50. The summed E-state index contributed by atoms with van der Waals surface area (Å²) in [4.78, 5) is 13.3. The Kier molecular flexibility index (Phi) is 3.96. The van der Waals surface area contributed by atoms with Gasteiger partial charge in [0.15, 0.2) is 0 Å². The molecule has 2 aromatic carbocycles. The summed E-state index contributed by atoms with van der Waals surface area (Å²) >= 11 is 0. The van der Waals surface area contributed by atoms with Crippen LogP contribution in [0.4, 0.5) is 11.6 Å². The molecule has 2 heterocycles. The lowest BCUT2D eigenvalue weighted by Crippen LogP contribution is -1.98. The van der Waals surface area contributed by atoms with Crippen LogP contribution in [-0.4, -0.2) is 22.1 Å². The minimum atomic E-state index is 0.555. The van der Waals surface area contributed by atoms with Crippen molar-refractivity contribution >= 4 is 22.5 Å². The van der Waals surface area contributed by atoms with Crippen LogP contribution in [-0.2, 0) is 0 Å². The molecule has 25 heavy (non-hydrogen) atoms. The van der Waals surface area contributed by atoms with Gasteiger partial charge in [-0.15, -0.1) is 0 Å². The van der Waals surface area contributed by atoms with E-state index in [1.807, 2.05) is 54.6 Å². The Morgan fingerprint density at radius 1 is 0.880 bits per heavy atom. The number of rotatable bonds is 4. The Balaban J connectivity index is 1.82. The minimum absolute atomic E-state index is 0.555. The van der Waals surface area contributed by atoms with Gasteiger partial charge in [0, 0.05) is 23.3 Å². The average Bonchev–Trinajstić information content (AvgIpc) is 2.69. The van der Waals surface area contributed by atoms with E-state index in [1.54, 1.807) is 25.6 Å². The van der Waals surface area contributed by atoms with E-state index in [-0.39, 0.29) is 0 Å². The SMILES string of the molecule is COc1ccc(-c2cc(Nc3ncccn3)c3ccccc3n2)cc1. The fourth-order valence-corrected chi connectivity index (χ4v) is 2.67. The molecule has 122 valence electrons.